The predicted octanol–water partition coefficient (Wildman–Crippen LogP) is 1.58. The Labute approximate surface area is 127 Å². The van der Waals surface area contributed by atoms with E-state index in [2.05, 4.69) is 21.2 Å². The van der Waals surface area contributed by atoms with Crippen LogP contribution >= 0.6 is 27.3 Å². The maximum absolute atomic E-state index is 11.8. The fraction of sp³-hybridized carbons (Fsp3) is 0.364. The summed E-state index contributed by atoms with van der Waals surface area (Å²) in [6.07, 6.45) is -0.668. The molecule has 1 atom stereocenters. The van der Waals surface area contributed by atoms with E-state index < -0.39 is 30.4 Å². The summed E-state index contributed by atoms with van der Waals surface area (Å²) in [5.74, 6) is -2.67. The van der Waals surface area contributed by atoms with Gasteiger partial charge in [0.25, 0.3) is 0 Å². The zero-order valence-electron chi connectivity index (χ0n) is 10.5. The van der Waals surface area contributed by atoms with Gasteiger partial charge >= 0.3 is 18.0 Å². The van der Waals surface area contributed by atoms with Crippen LogP contribution in [0.15, 0.2) is 15.2 Å². The summed E-state index contributed by atoms with van der Waals surface area (Å²) in [7, 11) is 1.50. The molecule has 0 bridgehead atoms. The van der Waals surface area contributed by atoms with Gasteiger partial charge in [-0.1, -0.05) is 0 Å². The first-order valence-corrected chi connectivity index (χ1v) is 7.16. The summed E-state index contributed by atoms with van der Waals surface area (Å²) in [6.45, 7) is 0.299. The van der Waals surface area contributed by atoms with Crippen molar-refractivity contribution in [3.63, 3.8) is 0 Å². The van der Waals surface area contributed by atoms with E-state index in [0.29, 0.717) is 6.54 Å². The van der Waals surface area contributed by atoms with Crippen LogP contribution in [0.2, 0.25) is 0 Å². The van der Waals surface area contributed by atoms with Crippen LogP contribution in [0.25, 0.3) is 0 Å². The van der Waals surface area contributed by atoms with Gasteiger partial charge in [-0.2, -0.15) is 0 Å². The zero-order valence-corrected chi connectivity index (χ0v) is 12.9. The van der Waals surface area contributed by atoms with Crippen LogP contribution in [0.3, 0.4) is 0 Å². The Bertz CT molecular complexity index is 519. The normalized spacial score (nSPS) is 11.7. The van der Waals surface area contributed by atoms with Gasteiger partial charge in [-0.05, 0) is 32.9 Å². The molecule has 1 heterocycles. The van der Waals surface area contributed by atoms with Gasteiger partial charge in [0.2, 0.25) is 0 Å². The third kappa shape index (κ3) is 5.17. The lowest BCUT2D eigenvalue weighted by Crippen LogP contribution is -2.47. The molecular formula is C11H13BrN2O5S. The average molecular weight is 365 g/mol. The third-order valence-corrected chi connectivity index (χ3v) is 3.92. The molecule has 1 aromatic rings. The van der Waals surface area contributed by atoms with Gasteiger partial charge < -0.3 is 20.4 Å². The molecule has 0 fully saturated rings. The van der Waals surface area contributed by atoms with Crippen molar-refractivity contribution in [3.8, 4) is 0 Å². The highest BCUT2D eigenvalue weighted by atomic mass is 79.9. The van der Waals surface area contributed by atoms with Gasteiger partial charge in [-0.25, -0.2) is 9.59 Å². The second-order valence-electron chi connectivity index (χ2n) is 4.05. The molecule has 1 aromatic heterocycles. The number of hydrogen-bond acceptors (Lipinski definition) is 4. The van der Waals surface area contributed by atoms with E-state index in [1.54, 1.807) is 0 Å². The Morgan fingerprint density at radius 2 is 2.10 bits per heavy atom. The SMILES string of the molecule is CN(Cc1csc(Br)c1)C(=O)NC(CC(=O)O)C(=O)O. The van der Waals surface area contributed by atoms with Gasteiger partial charge in [0.05, 0.1) is 10.2 Å². The van der Waals surface area contributed by atoms with Crippen molar-refractivity contribution < 1.29 is 24.6 Å². The Morgan fingerprint density at radius 3 is 2.55 bits per heavy atom. The summed E-state index contributed by atoms with van der Waals surface area (Å²) in [6, 6.07) is -0.238. The minimum absolute atomic E-state index is 0.299. The molecule has 2 amide bonds. The van der Waals surface area contributed by atoms with Gasteiger partial charge in [0.1, 0.15) is 6.04 Å². The van der Waals surface area contributed by atoms with Gasteiger partial charge in [-0.15, -0.1) is 11.3 Å². The van der Waals surface area contributed by atoms with Crippen molar-refractivity contribution in [3.05, 3.63) is 20.8 Å². The molecule has 0 saturated heterocycles. The highest BCUT2D eigenvalue weighted by Gasteiger charge is 2.24. The number of carbonyl (C=O) groups is 3. The van der Waals surface area contributed by atoms with Gasteiger partial charge in [0, 0.05) is 13.6 Å². The molecule has 9 heteroatoms. The lowest BCUT2D eigenvalue weighted by molar-refractivity contribution is -0.145. The molecule has 0 radical (unpaired) electrons. The molecule has 7 nitrogen and oxygen atoms in total. The van der Waals surface area contributed by atoms with E-state index in [-0.39, 0.29) is 0 Å². The van der Waals surface area contributed by atoms with Crippen LogP contribution < -0.4 is 5.32 Å². The third-order valence-electron chi connectivity index (χ3n) is 2.36. The van der Waals surface area contributed by atoms with Crippen LogP contribution in [-0.4, -0.2) is 46.2 Å². The summed E-state index contributed by atoms with van der Waals surface area (Å²) >= 11 is 4.77. The molecule has 0 spiro atoms. The highest BCUT2D eigenvalue weighted by Crippen LogP contribution is 2.21. The second-order valence-corrected chi connectivity index (χ2v) is 6.34. The molecule has 0 saturated carbocycles. The number of carbonyl (C=O) groups excluding carboxylic acids is 1. The number of carboxylic acid groups (broad SMARTS) is 2. The topological polar surface area (TPSA) is 107 Å². The fourth-order valence-electron chi connectivity index (χ4n) is 1.41. The molecule has 110 valence electrons. The van der Waals surface area contributed by atoms with E-state index in [1.807, 2.05) is 11.4 Å². The predicted molar refractivity (Wildman–Crippen MR) is 75.7 cm³/mol. The van der Waals surface area contributed by atoms with Crippen LogP contribution in [-0.2, 0) is 16.1 Å². The Hall–Kier alpha value is -1.61. The monoisotopic (exact) mass is 364 g/mol. The van der Waals surface area contributed by atoms with Gasteiger partial charge in [-0.3, -0.25) is 4.79 Å². The van der Waals surface area contributed by atoms with Crippen LogP contribution in [0, 0.1) is 0 Å². The van der Waals surface area contributed by atoms with E-state index in [1.165, 1.54) is 23.3 Å². The Kier molecular flexibility index (Phi) is 5.96. The molecule has 0 aliphatic heterocycles. The first kappa shape index (κ1) is 16.4. The molecule has 3 N–H and O–H groups in total. The summed E-state index contributed by atoms with van der Waals surface area (Å²) in [5, 5.41) is 21.5. The van der Waals surface area contributed by atoms with E-state index >= 15 is 0 Å². The molecular weight excluding hydrogens is 352 g/mol. The first-order valence-electron chi connectivity index (χ1n) is 5.48. The first-order chi connectivity index (χ1) is 9.29. The number of nitrogens with one attached hydrogen (secondary N) is 1. The number of hydrogen-bond donors (Lipinski definition) is 3. The minimum atomic E-state index is -1.45. The number of rotatable bonds is 6. The molecule has 1 rings (SSSR count). The largest absolute Gasteiger partial charge is 0.481 e. The highest BCUT2D eigenvalue weighted by molar-refractivity contribution is 9.11. The number of carboxylic acids is 2. The second kappa shape index (κ2) is 7.25. The number of amides is 2. The van der Waals surface area contributed by atoms with E-state index in [4.69, 9.17) is 10.2 Å². The van der Waals surface area contributed by atoms with Crippen molar-refractivity contribution in [2.75, 3.05) is 7.05 Å². The Balaban J connectivity index is 2.59. The molecule has 0 aliphatic carbocycles. The Morgan fingerprint density at radius 1 is 1.45 bits per heavy atom. The van der Waals surface area contributed by atoms with Crippen molar-refractivity contribution in [1.82, 2.24) is 10.2 Å². The molecule has 0 aliphatic rings. The van der Waals surface area contributed by atoms with Crippen LogP contribution in [0.4, 0.5) is 4.79 Å². The zero-order chi connectivity index (χ0) is 15.3. The molecule has 1 unspecified atom stereocenters. The van der Waals surface area contributed by atoms with Crippen molar-refractivity contribution in [2.45, 2.75) is 19.0 Å². The number of halogens is 1. The van der Waals surface area contributed by atoms with Gasteiger partial charge in [0.15, 0.2) is 0 Å². The minimum Gasteiger partial charge on any atom is -0.481 e. The average Bonchev–Trinajstić information content (AvgIpc) is 2.72. The van der Waals surface area contributed by atoms with Crippen molar-refractivity contribution >= 4 is 45.2 Å². The summed E-state index contributed by atoms with van der Waals surface area (Å²) < 4.78 is 0.926. The standard InChI is InChI=1S/C11H13BrN2O5S/c1-14(4-6-2-8(12)20-5-6)11(19)13-7(10(17)18)3-9(15)16/h2,5,7H,3-4H2,1H3,(H,13,19)(H,15,16)(H,17,18). The maximum Gasteiger partial charge on any atom is 0.326 e. The summed E-state index contributed by atoms with van der Waals surface area (Å²) in [5.41, 5.74) is 0.893. The summed E-state index contributed by atoms with van der Waals surface area (Å²) in [4.78, 5) is 34.5. The number of thiophene rings is 1. The number of urea groups is 1. The number of aliphatic carboxylic acids is 2. The van der Waals surface area contributed by atoms with Crippen LogP contribution in [0.1, 0.15) is 12.0 Å². The smallest absolute Gasteiger partial charge is 0.326 e. The maximum atomic E-state index is 11.8. The van der Waals surface area contributed by atoms with E-state index in [9.17, 15) is 14.4 Å². The fourth-order valence-corrected chi connectivity index (χ4v) is 2.61. The van der Waals surface area contributed by atoms with E-state index in [0.717, 1.165) is 9.35 Å². The number of nitrogens with zero attached hydrogens (tertiary/aromatic N) is 1. The lowest BCUT2D eigenvalue weighted by Gasteiger charge is -2.20. The van der Waals surface area contributed by atoms with Crippen LogP contribution in [0.5, 0.6) is 0 Å². The quantitative estimate of drug-likeness (QED) is 0.710. The van der Waals surface area contributed by atoms with Crippen molar-refractivity contribution in [2.24, 2.45) is 0 Å². The molecule has 20 heavy (non-hydrogen) atoms. The molecule has 0 aromatic carbocycles. The lowest BCUT2D eigenvalue weighted by atomic mass is 10.2. The van der Waals surface area contributed by atoms with Crippen molar-refractivity contribution in [1.29, 1.82) is 0 Å².